The molecular formula is C12H16N2O2. The lowest BCUT2D eigenvalue weighted by atomic mass is 10.2. The zero-order chi connectivity index (χ0) is 11.2. The highest BCUT2D eigenvalue weighted by Crippen LogP contribution is 2.14. The number of pyridine rings is 1. The standard InChI is InChI=1S/C12H16N2O2/c1-15-11-4-5-13-12(7-11)14-8-10-3-2-6-16-9-10/h3-5,7H,2,6,8-9H2,1H3,(H,13,14). The average molecular weight is 220 g/mol. The van der Waals surface area contributed by atoms with E-state index in [2.05, 4.69) is 16.4 Å². The Morgan fingerprint density at radius 3 is 3.25 bits per heavy atom. The molecule has 1 aliphatic rings. The van der Waals surface area contributed by atoms with E-state index in [0.29, 0.717) is 0 Å². The fraction of sp³-hybridized carbons (Fsp3) is 0.417. The first kappa shape index (κ1) is 11.0. The number of nitrogens with zero attached hydrogens (tertiary/aromatic N) is 1. The van der Waals surface area contributed by atoms with Crippen molar-refractivity contribution in [1.82, 2.24) is 4.98 Å². The smallest absolute Gasteiger partial charge is 0.129 e. The van der Waals surface area contributed by atoms with Crippen LogP contribution < -0.4 is 10.1 Å². The lowest BCUT2D eigenvalue weighted by Gasteiger charge is -2.14. The molecule has 0 aromatic carbocycles. The minimum Gasteiger partial charge on any atom is -0.497 e. The maximum Gasteiger partial charge on any atom is 0.129 e. The van der Waals surface area contributed by atoms with Crippen LogP contribution in [-0.2, 0) is 4.74 Å². The van der Waals surface area contributed by atoms with Gasteiger partial charge in [0.15, 0.2) is 0 Å². The van der Waals surface area contributed by atoms with Crippen molar-refractivity contribution in [1.29, 1.82) is 0 Å². The summed E-state index contributed by atoms with van der Waals surface area (Å²) in [5.41, 5.74) is 1.27. The third kappa shape index (κ3) is 2.97. The van der Waals surface area contributed by atoms with Gasteiger partial charge in [-0.2, -0.15) is 0 Å². The molecule has 0 aliphatic carbocycles. The molecule has 0 saturated heterocycles. The Bertz CT molecular complexity index is 377. The van der Waals surface area contributed by atoms with E-state index in [9.17, 15) is 0 Å². The molecule has 1 N–H and O–H groups in total. The van der Waals surface area contributed by atoms with Crippen molar-refractivity contribution >= 4 is 5.82 Å². The van der Waals surface area contributed by atoms with E-state index in [1.165, 1.54) is 5.57 Å². The summed E-state index contributed by atoms with van der Waals surface area (Å²) in [6, 6.07) is 3.71. The van der Waals surface area contributed by atoms with E-state index in [-0.39, 0.29) is 0 Å². The van der Waals surface area contributed by atoms with Crippen LogP contribution in [0.4, 0.5) is 5.82 Å². The van der Waals surface area contributed by atoms with Gasteiger partial charge in [-0.15, -0.1) is 0 Å². The molecule has 0 amide bonds. The van der Waals surface area contributed by atoms with Crippen LogP contribution in [-0.4, -0.2) is 31.9 Å². The highest BCUT2D eigenvalue weighted by molar-refractivity contribution is 5.41. The first-order chi connectivity index (χ1) is 7.88. The van der Waals surface area contributed by atoms with Crippen molar-refractivity contribution in [3.63, 3.8) is 0 Å². The molecule has 0 saturated carbocycles. The third-order valence-corrected chi connectivity index (χ3v) is 2.45. The summed E-state index contributed by atoms with van der Waals surface area (Å²) in [4.78, 5) is 4.21. The van der Waals surface area contributed by atoms with E-state index in [1.807, 2.05) is 12.1 Å². The second-order valence-electron chi connectivity index (χ2n) is 3.64. The highest BCUT2D eigenvalue weighted by atomic mass is 16.5. The quantitative estimate of drug-likeness (QED) is 0.786. The van der Waals surface area contributed by atoms with Crippen molar-refractivity contribution in [3.8, 4) is 5.75 Å². The molecular weight excluding hydrogens is 204 g/mol. The van der Waals surface area contributed by atoms with Gasteiger partial charge in [0.2, 0.25) is 0 Å². The molecule has 4 heteroatoms. The maximum atomic E-state index is 5.36. The van der Waals surface area contributed by atoms with Gasteiger partial charge in [-0.25, -0.2) is 4.98 Å². The van der Waals surface area contributed by atoms with Gasteiger partial charge in [0.05, 0.1) is 20.3 Å². The fourth-order valence-electron chi connectivity index (χ4n) is 1.57. The Morgan fingerprint density at radius 2 is 2.50 bits per heavy atom. The monoisotopic (exact) mass is 220 g/mol. The van der Waals surface area contributed by atoms with Gasteiger partial charge in [-0.05, 0) is 18.1 Å². The molecule has 0 radical (unpaired) electrons. The largest absolute Gasteiger partial charge is 0.497 e. The first-order valence-corrected chi connectivity index (χ1v) is 5.38. The lowest BCUT2D eigenvalue weighted by Crippen LogP contribution is -2.14. The predicted molar refractivity (Wildman–Crippen MR) is 62.8 cm³/mol. The summed E-state index contributed by atoms with van der Waals surface area (Å²) in [5, 5.41) is 3.25. The Morgan fingerprint density at radius 1 is 1.56 bits per heavy atom. The SMILES string of the molecule is COc1ccnc(NCC2=CCCOC2)c1. The van der Waals surface area contributed by atoms with Crippen LogP contribution in [0.15, 0.2) is 30.0 Å². The van der Waals surface area contributed by atoms with E-state index in [1.54, 1.807) is 13.3 Å². The topological polar surface area (TPSA) is 43.4 Å². The maximum absolute atomic E-state index is 5.36. The Kier molecular flexibility index (Phi) is 3.77. The summed E-state index contributed by atoms with van der Waals surface area (Å²) < 4.78 is 10.5. The van der Waals surface area contributed by atoms with Gasteiger partial charge in [0.25, 0.3) is 0 Å². The molecule has 0 atom stereocenters. The van der Waals surface area contributed by atoms with Crippen molar-refractivity contribution in [2.45, 2.75) is 6.42 Å². The second kappa shape index (κ2) is 5.51. The number of ether oxygens (including phenoxy) is 2. The number of methoxy groups -OCH3 is 1. The molecule has 2 heterocycles. The molecule has 4 nitrogen and oxygen atoms in total. The Hall–Kier alpha value is -1.55. The zero-order valence-electron chi connectivity index (χ0n) is 9.40. The summed E-state index contributed by atoms with van der Waals surface area (Å²) in [5.74, 6) is 1.64. The van der Waals surface area contributed by atoms with Crippen LogP contribution in [0.25, 0.3) is 0 Å². The van der Waals surface area contributed by atoms with Gasteiger partial charge >= 0.3 is 0 Å². The van der Waals surface area contributed by atoms with Gasteiger partial charge < -0.3 is 14.8 Å². The fourth-order valence-corrected chi connectivity index (χ4v) is 1.57. The second-order valence-corrected chi connectivity index (χ2v) is 3.64. The molecule has 1 aliphatic heterocycles. The van der Waals surface area contributed by atoms with Gasteiger partial charge in [0, 0.05) is 18.8 Å². The van der Waals surface area contributed by atoms with Crippen LogP contribution in [0.5, 0.6) is 5.75 Å². The van der Waals surface area contributed by atoms with Gasteiger partial charge in [0.1, 0.15) is 11.6 Å². The number of hydrogen-bond acceptors (Lipinski definition) is 4. The minimum atomic E-state index is 0.719. The summed E-state index contributed by atoms with van der Waals surface area (Å²) in [7, 11) is 1.65. The third-order valence-electron chi connectivity index (χ3n) is 2.45. The Labute approximate surface area is 95.3 Å². The van der Waals surface area contributed by atoms with Crippen LogP contribution >= 0.6 is 0 Å². The van der Waals surface area contributed by atoms with Crippen molar-refractivity contribution in [3.05, 3.63) is 30.0 Å². The van der Waals surface area contributed by atoms with Crippen LogP contribution in [0.1, 0.15) is 6.42 Å². The van der Waals surface area contributed by atoms with E-state index >= 15 is 0 Å². The molecule has 0 unspecified atom stereocenters. The van der Waals surface area contributed by atoms with Crippen molar-refractivity contribution in [2.24, 2.45) is 0 Å². The van der Waals surface area contributed by atoms with Gasteiger partial charge in [-0.3, -0.25) is 0 Å². The number of aromatic nitrogens is 1. The van der Waals surface area contributed by atoms with Crippen LogP contribution in [0.2, 0.25) is 0 Å². The van der Waals surface area contributed by atoms with E-state index in [4.69, 9.17) is 9.47 Å². The summed E-state index contributed by atoms with van der Waals surface area (Å²) in [6.07, 6.45) is 4.95. The number of nitrogens with one attached hydrogen (secondary N) is 1. The predicted octanol–water partition coefficient (Wildman–Crippen LogP) is 1.85. The Balaban J connectivity index is 1.91. The molecule has 1 aromatic rings. The molecule has 0 spiro atoms. The zero-order valence-corrected chi connectivity index (χ0v) is 9.40. The molecule has 2 rings (SSSR count). The lowest BCUT2D eigenvalue weighted by molar-refractivity contribution is 0.150. The number of hydrogen-bond donors (Lipinski definition) is 1. The number of rotatable bonds is 4. The van der Waals surface area contributed by atoms with E-state index in [0.717, 1.165) is 37.7 Å². The van der Waals surface area contributed by atoms with Crippen LogP contribution in [0.3, 0.4) is 0 Å². The average Bonchev–Trinajstić information content (AvgIpc) is 2.38. The minimum absolute atomic E-state index is 0.719. The molecule has 0 bridgehead atoms. The molecule has 0 fully saturated rings. The van der Waals surface area contributed by atoms with Crippen LogP contribution in [0, 0.1) is 0 Å². The normalized spacial score (nSPS) is 15.4. The molecule has 86 valence electrons. The summed E-state index contributed by atoms with van der Waals surface area (Å²) in [6.45, 7) is 2.33. The molecule has 1 aromatic heterocycles. The van der Waals surface area contributed by atoms with E-state index < -0.39 is 0 Å². The van der Waals surface area contributed by atoms with Crippen molar-refractivity contribution < 1.29 is 9.47 Å². The first-order valence-electron chi connectivity index (χ1n) is 5.38. The summed E-state index contributed by atoms with van der Waals surface area (Å²) >= 11 is 0. The molecule has 16 heavy (non-hydrogen) atoms. The van der Waals surface area contributed by atoms with Crippen molar-refractivity contribution in [2.75, 3.05) is 32.2 Å². The number of anilines is 1. The highest BCUT2D eigenvalue weighted by Gasteiger charge is 2.04. The van der Waals surface area contributed by atoms with Gasteiger partial charge in [-0.1, -0.05) is 6.08 Å².